The van der Waals surface area contributed by atoms with Gasteiger partial charge in [0, 0.05) is 29.2 Å². The van der Waals surface area contributed by atoms with Crippen LogP contribution in [0.1, 0.15) is 32.3 Å². The molecule has 0 spiro atoms. The van der Waals surface area contributed by atoms with Crippen LogP contribution in [0.5, 0.6) is 0 Å². The zero-order chi connectivity index (χ0) is 14.6. The van der Waals surface area contributed by atoms with E-state index in [2.05, 4.69) is 49.3 Å². The summed E-state index contributed by atoms with van der Waals surface area (Å²) in [5, 5.41) is 14.3. The molecule has 3 nitrogen and oxygen atoms in total. The number of aryl methyl sites for hydroxylation is 1. The lowest BCUT2D eigenvalue weighted by molar-refractivity contribution is 0.127. The Labute approximate surface area is 121 Å². The van der Waals surface area contributed by atoms with Crippen LogP contribution in [0.25, 0.3) is 10.9 Å². The van der Waals surface area contributed by atoms with Gasteiger partial charge in [-0.05, 0) is 43.5 Å². The summed E-state index contributed by atoms with van der Waals surface area (Å²) in [6, 6.07) is 8.26. The van der Waals surface area contributed by atoms with Crippen molar-refractivity contribution in [2.24, 2.45) is 5.41 Å². The van der Waals surface area contributed by atoms with Gasteiger partial charge < -0.3 is 10.4 Å². The van der Waals surface area contributed by atoms with Crippen molar-refractivity contribution in [1.82, 2.24) is 4.98 Å². The molecule has 2 N–H and O–H groups in total. The van der Waals surface area contributed by atoms with Gasteiger partial charge in [-0.15, -0.1) is 0 Å². The number of aliphatic hydroxyl groups is 1. The fourth-order valence-corrected chi connectivity index (χ4v) is 2.53. The molecule has 0 bridgehead atoms. The van der Waals surface area contributed by atoms with Crippen molar-refractivity contribution in [3.05, 3.63) is 36.0 Å². The van der Waals surface area contributed by atoms with Gasteiger partial charge in [0.15, 0.2) is 0 Å². The van der Waals surface area contributed by atoms with Crippen molar-refractivity contribution >= 4 is 16.6 Å². The number of fused-ring (bicyclic) bond motifs is 1. The third-order valence-corrected chi connectivity index (χ3v) is 4.46. The number of pyridine rings is 1. The van der Waals surface area contributed by atoms with E-state index in [1.807, 2.05) is 12.3 Å². The normalized spacial score (nSPS) is 11.8. The molecule has 1 aromatic carbocycles. The van der Waals surface area contributed by atoms with Crippen LogP contribution in [-0.2, 0) is 0 Å². The number of benzene rings is 1. The molecule has 0 radical (unpaired) electrons. The highest BCUT2D eigenvalue weighted by molar-refractivity contribution is 5.93. The van der Waals surface area contributed by atoms with Gasteiger partial charge in [0.2, 0.25) is 0 Å². The van der Waals surface area contributed by atoms with E-state index in [1.54, 1.807) is 0 Å². The SMILES string of the molecule is CCC(CC)(CO)CNc1ccc(C)c2ncccc12. The van der Waals surface area contributed by atoms with Crippen LogP contribution in [-0.4, -0.2) is 23.2 Å². The average molecular weight is 272 g/mol. The van der Waals surface area contributed by atoms with E-state index >= 15 is 0 Å². The van der Waals surface area contributed by atoms with Crippen molar-refractivity contribution in [2.45, 2.75) is 33.6 Å². The maximum absolute atomic E-state index is 9.66. The summed E-state index contributed by atoms with van der Waals surface area (Å²) in [7, 11) is 0. The van der Waals surface area contributed by atoms with Crippen molar-refractivity contribution in [2.75, 3.05) is 18.5 Å². The van der Waals surface area contributed by atoms with Gasteiger partial charge in [0.25, 0.3) is 0 Å². The number of anilines is 1. The predicted octanol–water partition coefficient (Wildman–Crippen LogP) is 3.75. The minimum Gasteiger partial charge on any atom is -0.396 e. The van der Waals surface area contributed by atoms with Crippen molar-refractivity contribution in [3.8, 4) is 0 Å². The van der Waals surface area contributed by atoms with E-state index in [0.717, 1.165) is 36.0 Å². The van der Waals surface area contributed by atoms with Crippen LogP contribution in [0.4, 0.5) is 5.69 Å². The molecule has 1 heterocycles. The molecule has 0 amide bonds. The Hall–Kier alpha value is -1.61. The highest BCUT2D eigenvalue weighted by Gasteiger charge is 2.25. The molecule has 0 aliphatic carbocycles. The first-order valence-corrected chi connectivity index (χ1v) is 7.35. The first kappa shape index (κ1) is 14.8. The van der Waals surface area contributed by atoms with E-state index in [9.17, 15) is 5.11 Å². The lowest BCUT2D eigenvalue weighted by Crippen LogP contribution is -2.32. The van der Waals surface area contributed by atoms with Gasteiger partial charge in [-0.1, -0.05) is 19.9 Å². The molecule has 108 valence electrons. The standard InChI is InChI=1S/C17H24N2O/c1-4-17(5-2,12-20)11-19-15-9-8-13(3)16-14(15)7-6-10-18-16/h6-10,19-20H,4-5,11-12H2,1-3H3. The smallest absolute Gasteiger partial charge is 0.0751 e. The molecule has 20 heavy (non-hydrogen) atoms. The van der Waals surface area contributed by atoms with Crippen LogP contribution in [0, 0.1) is 12.3 Å². The zero-order valence-electron chi connectivity index (χ0n) is 12.6. The average Bonchev–Trinajstić information content (AvgIpc) is 2.51. The second kappa shape index (κ2) is 6.23. The molecule has 0 saturated heterocycles. The number of nitrogens with one attached hydrogen (secondary N) is 1. The molecule has 0 aliphatic heterocycles. The molecule has 0 atom stereocenters. The molecule has 0 fully saturated rings. The van der Waals surface area contributed by atoms with Crippen LogP contribution in [0.3, 0.4) is 0 Å². The number of aliphatic hydroxyl groups excluding tert-OH is 1. The Bertz CT molecular complexity index is 568. The van der Waals surface area contributed by atoms with Gasteiger partial charge in [0.1, 0.15) is 0 Å². The Morgan fingerprint density at radius 2 is 1.95 bits per heavy atom. The lowest BCUT2D eigenvalue weighted by atomic mass is 9.83. The molecule has 2 rings (SSSR count). The minimum atomic E-state index is -0.0422. The second-order valence-electron chi connectivity index (χ2n) is 5.55. The molecular weight excluding hydrogens is 248 g/mol. The van der Waals surface area contributed by atoms with Gasteiger partial charge in [-0.25, -0.2) is 0 Å². The van der Waals surface area contributed by atoms with Gasteiger partial charge in [-0.2, -0.15) is 0 Å². The molecule has 2 aromatic rings. The van der Waals surface area contributed by atoms with Crippen molar-refractivity contribution < 1.29 is 5.11 Å². The highest BCUT2D eigenvalue weighted by atomic mass is 16.3. The van der Waals surface area contributed by atoms with Gasteiger partial charge >= 0.3 is 0 Å². The number of hydrogen-bond acceptors (Lipinski definition) is 3. The number of hydrogen-bond donors (Lipinski definition) is 2. The zero-order valence-corrected chi connectivity index (χ0v) is 12.6. The molecule has 0 aliphatic rings. The summed E-state index contributed by atoms with van der Waals surface area (Å²) in [5.41, 5.74) is 3.28. The molecule has 1 aromatic heterocycles. The van der Waals surface area contributed by atoms with E-state index in [4.69, 9.17) is 0 Å². The van der Waals surface area contributed by atoms with Crippen LogP contribution < -0.4 is 5.32 Å². The lowest BCUT2D eigenvalue weighted by Gasteiger charge is -2.30. The highest BCUT2D eigenvalue weighted by Crippen LogP contribution is 2.29. The molecule has 0 saturated carbocycles. The van der Waals surface area contributed by atoms with Gasteiger partial charge in [0.05, 0.1) is 12.1 Å². The third kappa shape index (κ3) is 2.78. The fraction of sp³-hybridized carbons (Fsp3) is 0.471. The Morgan fingerprint density at radius 1 is 1.20 bits per heavy atom. The summed E-state index contributed by atoms with van der Waals surface area (Å²) in [5.74, 6) is 0. The molecule has 0 unspecified atom stereocenters. The Kier molecular flexibility index (Phi) is 4.61. The van der Waals surface area contributed by atoms with E-state index < -0.39 is 0 Å². The fourth-order valence-electron chi connectivity index (χ4n) is 2.53. The monoisotopic (exact) mass is 272 g/mol. The summed E-state index contributed by atoms with van der Waals surface area (Å²) < 4.78 is 0. The maximum atomic E-state index is 9.66. The van der Waals surface area contributed by atoms with Crippen LogP contribution >= 0.6 is 0 Å². The summed E-state index contributed by atoms with van der Waals surface area (Å²) in [4.78, 5) is 4.46. The number of rotatable bonds is 6. The van der Waals surface area contributed by atoms with Gasteiger partial charge in [-0.3, -0.25) is 4.98 Å². The first-order valence-electron chi connectivity index (χ1n) is 7.35. The summed E-state index contributed by atoms with van der Waals surface area (Å²) in [6.07, 6.45) is 3.76. The largest absolute Gasteiger partial charge is 0.396 e. The number of aromatic nitrogens is 1. The third-order valence-electron chi connectivity index (χ3n) is 4.46. The molecule has 3 heteroatoms. The van der Waals surface area contributed by atoms with Crippen LogP contribution in [0.2, 0.25) is 0 Å². The first-order chi connectivity index (χ1) is 9.65. The minimum absolute atomic E-state index is 0.0422. The summed E-state index contributed by atoms with van der Waals surface area (Å²) >= 11 is 0. The van der Waals surface area contributed by atoms with Crippen molar-refractivity contribution in [1.29, 1.82) is 0 Å². The Morgan fingerprint density at radius 3 is 2.60 bits per heavy atom. The topological polar surface area (TPSA) is 45.1 Å². The molecular formula is C17H24N2O. The summed E-state index contributed by atoms with van der Waals surface area (Å²) in [6.45, 7) is 7.35. The Balaban J connectivity index is 2.29. The van der Waals surface area contributed by atoms with E-state index in [1.165, 1.54) is 5.56 Å². The van der Waals surface area contributed by atoms with E-state index in [0.29, 0.717) is 0 Å². The predicted molar refractivity (Wildman–Crippen MR) is 85.1 cm³/mol. The van der Waals surface area contributed by atoms with E-state index in [-0.39, 0.29) is 12.0 Å². The second-order valence-corrected chi connectivity index (χ2v) is 5.55. The van der Waals surface area contributed by atoms with Crippen molar-refractivity contribution in [3.63, 3.8) is 0 Å². The van der Waals surface area contributed by atoms with Crippen LogP contribution in [0.15, 0.2) is 30.5 Å². The maximum Gasteiger partial charge on any atom is 0.0751 e. The number of nitrogens with zero attached hydrogens (tertiary/aromatic N) is 1. The quantitative estimate of drug-likeness (QED) is 0.841.